The Labute approximate surface area is 187 Å². The molecule has 0 spiro atoms. The molecule has 8 nitrogen and oxygen atoms in total. The van der Waals surface area contributed by atoms with Gasteiger partial charge in [0.2, 0.25) is 0 Å². The summed E-state index contributed by atoms with van der Waals surface area (Å²) in [7, 11) is 3.24. The van der Waals surface area contributed by atoms with E-state index in [1.165, 1.54) is 30.7 Å². The lowest BCUT2D eigenvalue weighted by molar-refractivity contribution is -0.384. The maximum absolute atomic E-state index is 12.7. The van der Waals surface area contributed by atoms with Gasteiger partial charge >= 0.3 is 5.97 Å². The van der Waals surface area contributed by atoms with Crippen LogP contribution in [0.3, 0.4) is 0 Å². The van der Waals surface area contributed by atoms with Gasteiger partial charge in [-0.05, 0) is 49.2 Å². The number of nitro benzene ring substituents is 1. The molecule has 2 saturated heterocycles. The van der Waals surface area contributed by atoms with Crippen LogP contribution in [-0.2, 0) is 4.74 Å². The van der Waals surface area contributed by atoms with Crippen LogP contribution in [0.2, 0.25) is 0 Å². The molecular weight excluding hydrogens is 412 g/mol. The number of fused-ring (bicyclic) bond motifs is 1. The molecule has 0 aliphatic carbocycles. The number of non-ortho nitro benzene ring substituents is 1. The minimum atomic E-state index is -0.484. The second-order valence-corrected chi connectivity index (χ2v) is 8.32. The van der Waals surface area contributed by atoms with Crippen molar-refractivity contribution >= 4 is 11.7 Å². The molecule has 2 aliphatic rings. The number of rotatable bonds is 6. The first-order chi connectivity index (χ1) is 15.5. The summed E-state index contributed by atoms with van der Waals surface area (Å²) in [4.78, 5) is 25.6. The van der Waals surface area contributed by atoms with Gasteiger partial charge in [-0.1, -0.05) is 12.5 Å². The smallest absolute Gasteiger partial charge is 0.338 e. The van der Waals surface area contributed by atoms with Crippen LogP contribution >= 0.6 is 0 Å². The molecule has 0 unspecified atom stereocenters. The average Bonchev–Trinajstić information content (AvgIpc) is 2.83. The van der Waals surface area contributed by atoms with Crippen LogP contribution in [-0.4, -0.2) is 48.7 Å². The van der Waals surface area contributed by atoms with Gasteiger partial charge in [0.15, 0.2) is 11.5 Å². The molecule has 0 amide bonds. The number of carbonyl (C=O) groups is 1. The largest absolute Gasteiger partial charge is 0.493 e. The van der Waals surface area contributed by atoms with E-state index in [9.17, 15) is 14.9 Å². The highest BCUT2D eigenvalue weighted by molar-refractivity contribution is 5.89. The zero-order valence-corrected chi connectivity index (χ0v) is 18.4. The molecular formula is C24H28N2O6. The Morgan fingerprint density at radius 2 is 1.78 bits per heavy atom. The standard InChI is InChI=1S/C24H28N2O6/c1-30-22-11-8-17(13-23(22)31-2)21-15-20(14-19-5-3-4-12-25(19)21)32-24(27)16-6-9-18(10-7-16)26(28)29/h6-11,13,19-21H,3-5,12,14-15H2,1-2H3/t19-,20-,21-/m0/s1. The molecule has 3 atom stereocenters. The van der Waals surface area contributed by atoms with E-state index in [0.29, 0.717) is 29.5 Å². The number of methoxy groups -OCH3 is 2. The molecule has 170 valence electrons. The quantitative estimate of drug-likeness (QED) is 0.370. The van der Waals surface area contributed by atoms with E-state index in [4.69, 9.17) is 14.2 Å². The third-order valence-corrected chi connectivity index (χ3v) is 6.47. The number of carbonyl (C=O) groups excluding carboxylic acids is 1. The van der Waals surface area contributed by atoms with Crippen LogP contribution in [0.5, 0.6) is 11.5 Å². The van der Waals surface area contributed by atoms with E-state index >= 15 is 0 Å². The molecule has 0 saturated carbocycles. The number of nitro groups is 1. The van der Waals surface area contributed by atoms with Crippen molar-refractivity contribution in [3.05, 3.63) is 63.7 Å². The first kappa shape index (κ1) is 22.1. The molecule has 2 aliphatic heterocycles. The van der Waals surface area contributed by atoms with Gasteiger partial charge in [-0.25, -0.2) is 4.79 Å². The Morgan fingerprint density at radius 1 is 1.03 bits per heavy atom. The summed E-state index contributed by atoms with van der Waals surface area (Å²) in [6.45, 7) is 1.02. The number of ether oxygens (including phenoxy) is 3. The fourth-order valence-electron chi connectivity index (χ4n) is 4.89. The predicted molar refractivity (Wildman–Crippen MR) is 118 cm³/mol. The van der Waals surface area contributed by atoms with Gasteiger partial charge in [-0.15, -0.1) is 0 Å². The number of esters is 1. The zero-order chi connectivity index (χ0) is 22.7. The van der Waals surface area contributed by atoms with E-state index < -0.39 is 10.9 Å². The number of piperidine rings is 2. The summed E-state index contributed by atoms with van der Waals surface area (Å²) < 4.78 is 16.8. The predicted octanol–water partition coefficient (Wildman–Crippen LogP) is 4.53. The highest BCUT2D eigenvalue weighted by Crippen LogP contribution is 2.42. The second-order valence-electron chi connectivity index (χ2n) is 8.32. The van der Waals surface area contributed by atoms with Crippen molar-refractivity contribution in [1.29, 1.82) is 0 Å². The summed E-state index contributed by atoms with van der Waals surface area (Å²) in [5.74, 6) is 0.923. The van der Waals surface area contributed by atoms with Gasteiger partial charge in [0.25, 0.3) is 5.69 Å². The fraction of sp³-hybridized carbons (Fsp3) is 0.458. The maximum Gasteiger partial charge on any atom is 0.338 e. The van der Waals surface area contributed by atoms with E-state index in [0.717, 1.165) is 31.4 Å². The summed E-state index contributed by atoms with van der Waals surface area (Å²) in [5.41, 5.74) is 1.39. The Kier molecular flexibility index (Phi) is 6.60. The minimum absolute atomic E-state index is 0.0504. The SMILES string of the molecule is COc1ccc([C@@H]2C[C@@H](OC(=O)c3ccc([N+](=O)[O-])cc3)C[C@@H]3CCCCN32)cc1OC. The fourth-order valence-corrected chi connectivity index (χ4v) is 4.89. The van der Waals surface area contributed by atoms with Crippen LogP contribution in [0.4, 0.5) is 5.69 Å². The topological polar surface area (TPSA) is 91.1 Å². The van der Waals surface area contributed by atoms with Crippen LogP contribution in [0, 0.1) is 10.1 Å². The number of hydrogen-bond donors (Lipinski definition) is 0. The lowest BCUT2D eigenvalue weighted by atomic mass is 9.84. The average molecular weight is 440 g/mol. The van der Waals surface area contributed by atoms with Crippen LogP contribution in [0.25, 0.3) is 0 Å². The molecule has 8 heteroatoms. The van der Waals surface area contributed by atoms with Gasteiger partial charge in [0.1, 0.15) is 6.10 Å². The third-order valence-electron chi connectivity index (χ3n) is 6.47. The highest BCUT2D eigenvalue weighted by Gasteiger charge is 2.39. The Balaban J connectivity index is 1.54. The molecule has 32 heavy (non-hydrogen) atoms. The second kappa shape index (κ2) is 9.56. The third kappa shape index (κ3) is 4.55. The lowest BCUT2D eigenvalue weighted by Crippen LogP contribution is -2.49. The summed E-state index contributed by atoms with van der Waals surface area (Å²) in [6.07, 6.45) is 4.66. The molecule has 2 heterocycles. The zero-order valence-electron chi connectivity index (χ0n) is 18.4. The van der Waals surface area contributed by atoms with Gasteiger partial charge in [0.05, 0.1) is 24.7 Å². The molecule has 4 rings (SSSR count). The van der Waals surface area contributed by atoms with Crippen molar-refractivity contribution in [3.63, 3.8) is 0 Å². The number of nitrogens with zero attached hydrogens (tertiary/aromatic N) is 2. The molecule has 0 bridgehead atoms. The molecule has 2 aromatic carbocycles. The van der Waals surface area contributed by atoms with Gasteiger partial charge < -0.3 is 14.2 Å². The molecule has 2 fully saturated rings. The molecule has 0 aromatic heterocycles. The van der Waals surface area contributed by atoms with Crippen molar-refractivity contribution in [2.75, 3.05) is 20.8 Å². The van der Waals surface area contributed by atoms with Crippen molar-refractivity contribution in [2.45, 2.75) is 50.3 Å². The Hall–Kier alpha value is -3.13. The van der Waals surface area contributed by atoms with Crippen molar-refractivity contribution in [2.24, 2.45) is 0 Å². The number of benzene rings is 2. The van der Waals surface area contributed by atoms with E-state index in [1.54, 1.807) is 14.2 Å². The van der Waals surface area contributed by atoms with Crippen molar-refractivity contribution in [1.82, 2.24) is 4.90 Å². The summed E-state index contributed by atoms with van der Waals surface area (Å²) in [5, 5.41) is 10.9. The lowest BCUT2D eigenvalue weighted by Gasteiger charge is -2.47. The van der Waals surface area contributed by atoms with Gasteiger partial charge in [0, 0.05) is 37.1 Å². The molecule has 0 radical (unpaired) electrons. The minimum Gasteiger partial charge on any atom is -0.493 e. The maximum atomic E-state index is 12.7. The Morgan fingerprint density at radius 3 is 2.47 bits per heavy atom. The van der Waals surface area contributed by atoms with Crippen LogP contribution < -0.4 is 9.47 Å². The van der Waals surface area contributed by atoms with Crippen molar-refractivity contribution in [3.8, 4) is 11.5 Å². The summed E-state index contributed by atoms with van der Waals surface area (Å²) in [6, 6.07) is 12.0. The van der Waals surface area contributed by atoms with Crippen molar-refractivity contribution < 1.29 is 23.9 Å². The van der Waals surface area contributed by atoms with E-state index in [-0.39, 0.29) is 17.8 Å². The number of hydrogen-bond acceptors (Lipinski definition) is 7. The van der Waals surface area contributed by atoms with Gasteiger partial charge in [-0.2, -0.15) is 0 Å². The van der Waals surface area contributed by atoms with Gasteiger partial charge in [-0.3, -0.25) is 15.0 Å². The normalized spacial score (nSPS) is 23.1. The van der Waals surface area contributed by atoms with E-state index in [2.05, 4.69) is 11.0 Å². The Bertz CT molecular complexity index is 977. The van der Waals surface area contributed by atoms with Crippen LogP contribution in [0.1, 0.15) is 54.1 Å². The monoisotopic (exact) mass is 440 g/mol. The highest BCUT2D eigenvalue weighted by atomic mass is 16.6. The first-order valence-corrected chi connectivity index (χ1v) is 10.9. The van der Waals surface area contributed by atoms with Crippen LogP contribution in [0.15, 0.2) is 42.5 Å². The summed E-state index contributed by atoms with van der Waals surface area (Å²) >= 11 is 0. The first-order valence-electron chi connectivity index (χ1n) is 10.9. The van der Waals surface area contributed by atoms with E-state index in [1.807, 2.05) is 12.1 Å². The molecule has 0 N–H and O–H groups in total. The molecule has 2 aromatic rings.